The molecule has 2 aliphatic rings. The number of hydrogen-bond donors (Lipinski definition) is 1. The quantitative estimate of drug-likeness (QED) is 0.796. The fourth-order valence-electron chi connectivity index (χ4n) is 2.51. The van der Waals surface area contributed by atoms with Crippen LogP contribution in [0.1, 0.15) is 49.8 Å². The van der Waals surface area contributed by atoms with E-state index < -0.39 is 0 Å². The first-order chi connectivity index (χ1) is 7.43. The fraction of sp³-hybridized carbons (Fsp3) is 0.818. The van der Waals surface area contributed by atoms with Crippen LogP contribution in [0.3, 0.4) is 0 Å². The van der Waals surface area contributed by atoms with Crippen molar-refractivity contribution in [2.45, 2.75) is 44.1 Å². The maximum Gasteiger partial charge on any atom is 0.0858 e. The fourth-order valence-corrected chi connectivity index (χ4v) is 2.51. The van der Waals surface area contributed by atoms with E-state index in [0.717, 1.165) is 13.1 Å². The van der Waals surface area contributed by atoms with Crippen LogP contribution in [-0.4, -0.2) is 28.1 Å². The third-order valence-electron chi connectivity index (χ3n) is 3.69. The van der Waals surface area contributed by atoms with Crippen molar-refractivity contribution in [3.63, 3.8) is 0 Å². The molecule has 0 unspecified atom stereocenters. The predicted molar refractivity (Wildman–Crippen MR) is 57.8 cm³/mol. The van der Waals surface area contributed by atoms with Gasteiger partial charge in [-0.05, 0) is 12.8 Å². The third-order valence-corrected chi connectivity index (χ3v) is 3.69. The van der Waals surface area contributed by atoms with Crippen LogP contribution in [0.15, 0.2) is 6.20 Å². The lowest BCUT2D eigenvalue weighted by molar-refractivity contribution is 0.312. The predicted octanol–water partition coefficient (Wildman–Crippen LogP) is 1.47. The Bertz CT molecular complexity index is 323. The van der Waals surface area contributed by atoms with Gasteiger partial charge in [0, 0.05) is 25.2 Å². The zero-order valence-corrected chi connectivity index (χ0v) is 9.02. The highest BCUT2D eigenvalue weighted by Crippen LogP contribution is 2.31. The molecule has 4 nitrogen and oxygen atoms in total. The average molecular weight is 206 g/mol. The first-order valence-electron chi connectivity index (χ1n) is 6.06. The van der Waals surface area contributed by atoms with E-state index >= 15 is 0 Å². The molecule has 0 aromatic carbocycles. The van der Waals surface area contributed by atoms with Crippen molar-refractivity contribution in [2.24, 2.45) is 0 Å². The molecule has 1 aromatic heterocycles. The molecular weight excluding hydrogens is 188 g/mol. The SMILES string of the molecule is c1c(C2CCCCC2)nnn1C1CNC1. The Morgan fingerprint density at radius 2 is 2.00 bits per heavy atom. The molecule has 2 heterocycles. The van der Waals surface area contributed by atoms with Gasteiger partial charge in [-0.25, -0.2) is 4.68 Å². The smallest absolute Gasteiger partial charge is 0.0858 e. The largest absolute Gasteiger partial charge is 0.312 e. The summed E-state index contributed by atoms with van der Waals surface area (Å²) in [5.41, 5.74) is 1.22. The summed E-state index contributed by atoms with van der Waals surface area (Å²) in [7, 11) is 0. The van der Waals surface area contributed by atoms with Crippen LogP contribution in [-0.2, 0) is 0 Å². The first-order valence-corrected chi connectivity index (χ1v) is 6.06. The van der Waals surface area contributed by atoms with E-state index in [9.17, 15) is 0 Å². The Balaban J connectivity index is 1.71. The monoisotopic (exact) mass is 206 g/mol. The molecule has 1 aromatic rings. The van der Waals surface area contributed by atoms with Crippen molar-refractivity contribution < 1.29 is 0 Å². The summed E-state index contributed by atoms with van der Waals surface area (Å²) >= 11 is 0. The minimum atomic E-state index is 0.551. The summed E-state index contributed by atoms with van der Waals surface area (Å²) in [4.78, 5) is 0. The summed E-state index contributed by atoms with van der Waals surface area (Å²) in [5.74, 6) is 0.681. The van der Waals surface area contributed by atoms with Crippen molar-refractivity contribution in [3.05, 3.63) is 11.9 Å². The molecule has 2 fully saturated rings. The molecule has 0 amide bonds. The minimum Gasteiger partial charge on any atom is -0.312 e. The van der Waals surface area contributed by atoms with Gasteiger partial charge in [-0.15, -0.1) is 5.10 Å². The van der Waals surface area contributed by atoms with Gasteiger partial charge >= 0.3 is 0 Å². The van der Waals surface area contributed by atoms with Gasteiger partial charge in [0.2, 0.25) is 0 Å². The molecule has 1 saturated carbocycles. The maximum absolute atomic E-state index is 4.33. The van der Waals surface area contributed by atoms with Crippen LogP contribution >= 0.6 is 0 Å². The van der Waals surface area contributed by atoms with Crippen LogP contribution in [0.4, 0.5) is 0 Å². The molecule has 1 aliphatic carbocycles. The molecule has 0 radical (unpaired) electrons. The van der Waals surface area contributed by atoms with Gasteiger partial charge < -0.3 is 5.32 Å². The van der Waals surface area contributed by atoms with E-state index in [2.05, 4.69) is 21.8 Å². The van der Waals surface area contributed by atoms with Crippen molar-refractivity contribution in [2.75, 3.05) is 13.1 Å². The van der Waals surface area contributed by atoms with Crippen LogP contribution in [0.5, 0.6) is 0 Å². The average Bonchev–Trinajstić information content (AvgIpc) is 2.66. The van der Waals surface area contributed by atoms with E-state index in [4.69, 9.17) is 0 Å². The van der Waals surface area contributed by atoms with Gasteiger partial charge in [0.1, 0.15) is 0 Å². The number of nitrogens with one attached hydrogen (secondary N) is 1. The second-order valence-corrected chi connectivity index (χ2v) is 4.77. The second-order valence-electron chi connectivity index (χ2n) is 4.77. The topological polar surface area (TPSA) is 42.7 Å². The summed E-state index contributed by atoms with van der Waals surface area (Å²) in [5, 5.41) is 11.8. The molecule has 0 spiro atoms. The first kappa shape index (κ1) is 9.33. The summed E-state index contributed by atoms with van der Waals surface area (Å²) in [6.45, 7) is 2.10. The Labute approximate surface area is 90.0 Å². The maximum atomic E-state index is 4.33. The highest BCUT2D eigenvalue weighted by molar-refractivity contribution is 5.04. The number of aromatic nitrogens is 3. The molecule has 4 heteroatoms. The van der Waals surface area contributed by atoms with Crippen LogP contribution in [0.25, 0.3) is 0 Å². The van der Waals surface area contributed by atoms with E-state index in [-0.39, 0.29) is 0 Å². The van der Waals surface area contributed by atoms with Gasteiger partial charge in [-0.3, -0.25) is 0 Å². The normalized spacial score (nSPS) is 24.0. The van der Waals surface area contributed by atoms with Crippen LogP contribution < -0.4 is 5.32 Å². The van der Waals surface area contributed by atoms with E-state index in [0.29, 0.717) is 12.0 Å². The van der Waals surface area contributed by atoms with Crippen molar-refractivity contribution in [3.8, 4) is 0 Å². The van der Waals surface area contributed by atoms with Crippen LogP contribution in [0.2, 0.25) is 0 Å². The van der Waals surface area contributed by atoms with Crippen molar-refractivity contribution >= 4 is 0 Å². The highest BCUT2D eigenvalue weighted by Gasteiger charge is 2.23. The molecular formula is C11H18N4. The van der Waals surface area contributed by atoms with Gasteiger partial charge in [0.25, 0.3) is 0 Å². The molecule has 1 aliphatic heterocycles. The highest BCUT2D eigenvalue weighted by atomic mass is 15.4. The van der Waals surface area contributed by atoms with Crippen LogP contribution in [0, 0.1) is 0 Å². The minimum absolute atomic E-state index is 0.551. The van der Waals surface area contributed by atoms with Gasteiger partial charge in [-0.1, -0.05) is 24.5 Å². The van der Waals surface area contributed by atoms with Gasteiger partial charge in [0.15, 0.2) is 0 Å². The third kappa shape index (κ3) is 1.78. The molecule has 15 heavy (non-hydrogen) atoms. The Kier molecular flexibility index (Phi) is 2.44. The molecule has 0 bridgehead atoms. The van der Waals surface area contributed by atoms with E-state index in [1.165, 1.54) is 37.8 Å². The van der Waals surface area contributed by atoms with Gasteiger partial charge in [0.05, 0.1) is 11.7 Å². The summed E-state index contributed by atoms with van der Waals surface area (Å²) in [6, 6.07) is 0.551. The Morgan fingerprint density at radius 3 is 2.67 bits per heavy atom. The number of hydrogen-bond acceptors (Lipinski definition) is 3. The van der Waals surface area contributed by atoms with Crippen molar-refractivity contribution in [1.29, 1.82) is 0 Å². The lowest BCUT2D eigenvalue weighted by atomic mass is 9.87. The molecule has 82 valence electrons. The molecule has 1 saturated heterocycles. The van der Waals surface area contributed by atoms with Crippen molar-refractivity contribution in [1.82, 2.24) is 20.3 Å². The standard InChI is InChI=1S/C11H18N4/c1-2-4-9(5-3-1)11-8-15(14-13-11)10-6-12-7-10/h8-10,12H,1-7H2. The Hall–Kier alpha value is -0.900. The molecule has 3 rings (SSSR count). The zero-order chi connectivity index (χ0) is 10.1. The lowest BCUT2D eigenvalue weighted by Crippen LogP contribution is -2.43. The number of nitrogens with zero attached hydrogens (tertiary/aromatic N) is 3. The summed E-state index contributed by atoms with van der Waals surface area (Å²) < 4.78 is 2.04. The molecule has 1 N–H and O–H groups in total. The number of rotatable bonds is 2. The van der Waals surface area contributed by atoms with Gasteiger partial charge in [-0.2, -0.15) is 0 Å². The van der Waals surface area contributed by atoms with E-state index in [1.54, 1.807) is 0 Å². The summed E-state index contributed by atoms with van der Waals surface area (Å²) in [6.07, 6.45) is 8.91. The zero-order valence-electron chi connectivity index (χ0n) is 9.02. The molecule has 0 atom stereocenters. The van der Waals surface area contributed by atoms with E-state index in [1.807, 2.05) is 4.68 Å². The Morgan fingerprint density at radius 1 is 1.20 bits per heavy atom. The lowest BCUT2D eigenvalue weighted by Gasteiger charge is -2.26. The second kappa shape index (κ2) is 3.93.